The molecule has 3 heterocycles. The summed E-state index contributed by atoms with van der Waals surface area (Å²) < 4.78 is 16.1. The minimum Gasteiger partial charge on any atom is -0.493 e. The minimum absolute atomic E-state index is 0.00656. The third kappa shape index (κ3) is 3.51. The maximum absolute atomic E-state index is 13.2. The van der Waals surface area contributed by atoms with Crippen LogP contribution >= 0.6 is 11.3 Å². The number of nitrogens with zero attached hydrogens (tertiary/aromatic N) is 2. The van der Waals surface area contributed by atoms with Crippen molar-refractivity contribution in [2.24, 2.45) is 4.99 Å². The largest absolute Gasteiger partial charge is 0.493 e. The molecule has 0 saturated carbocycles. The quantitative estimate of drug-likeness (QED) is 0.726. The summed E-state index contributed by atoms with van der Waals surface area (Å²) in [5.74, 6) is 0.0364. The predicted octanol–water partition coefficient (Wildman–Crippen LogP) is 2.67. The highest BCUT2D eigenvalue weighted by atomic mass is 32.1. The zero-order chi connectivity index (χ0) is 21.3. The molecule has 1 fully saturated rings. The van der Waals surface area contributed by atoms with Crippen LogP contribution in [0.25, 0.3) is 0 Å². The Morgan fingerprint density at radius 1 is 1.20 bits per heavy atom. The van der Waals surface area contributed by atoms with Crippen molar-refractivity contribution in [2.75, 3.05) is 39.4 Å². The van der Waals surface area contributed by atoms with Crippen molar-refractivity contribution in [3.63, 3.8) is 0 Å². The molecule has 0 unspecified atom stereocenters. The molecule has 10 heteroatoms. The van der Waals surface area contributed by atoms with Gasteiger partial charge in [0.15, 0.2) is 11.5 Å². The molecule has 0 radical (unpaired) electrons. The van der Waals surface area contributed by atoms with E-state index in [2.05, 4.69) is 10.3 Å². The topological polar surface area (TPSA) is 110 Å². The van der Waals surface area contributed by atoms with Gasteiger partial charge in [-0.2, -0.15) is 0 Å². The third-order valence-corrected chi connectivity index (χ3v) is 5.68. The van der Waals surface area contributed by atoms with Crippen molar-refractivity contribution >= 4 is 34.6 Å². The van der Waals surface area contributed by atoms with Gasteiger partial charge in [-0.25, -0.2) is 4.79 Å². The molecule has 1 saturated heterocycles. The van der Waals surface area contributed by atoms with Crippen LogP contribution < -0.4 is 14.8 Å². The smallest absolute Gasteiger partial charge is 0.346 e. The number of hydrogen-bond donors (Lipinski definition) is 2. The molecule has 1 aromatic heterocycles. The maximum Gasteiger partial charge on any atom is 0.346 e. The van der Waals surface area contributed by atoms with Crippen LogP contribution in [0, 0.1) is 0 Å². The molecule has 1 aromatic carbocycles. The second-order valence-electron chi connectivity index (χ2n) is 6.46. The molecular weight excluding hydrogens is 410 g/mol. The Morgan fingerprint density at radius 2 is 2.00 bits per heavy atom. The summed E-state index contributed by atoms with van der Waals surface area (Å²) in [4.78, 5) is 30.6. The van der Waals surface area contributed by atoms with E-state index in [1.165, 1.54) is 11.0 Å². The summed E-state index contributed by atoms with van der Waals surface area (Å²) in [5.41, 5.74) is 2.32. The van der Waals surface area contributed by atoms with Gasteiger partial charge in [-0.15, -0.1) is 11.3 Å². The Kier molecular flexibility index (Phi) is 5.42. The van der Waals surface area contributed by atoms with Gasteiger partial charge < -0.3 is 24.6 Å². The predicted molar refractivity (Wildman–Crippen MR) is 111 cm³/mol. The Bertz CT molecular complexity index is 1070. The number of anilines is 1. The summed E-state index contributed by atoms with van der Waals surface area (Å²) >= 11 is 1.01. The van der Waals surface area contributed by atoms with Crippen molar-refractivity contribution in [2.45, 2.75) is 0 Å². The van der Waals surface area contributed by atoms with Crippen LogP contribution in [0.2, 0.25) is 0 Å². The lowest BCUT2D eigenvalue weighted by molar-refractivity contribution is 0.0688. The van der Waals surface area contributed by atoms with Gasteiger partial charge in [-0.1, -0.05) is 0 Å². The summed E-state index contributed by atoms with van der Waals surface area (Å²) in [6, 6.07) is 6.82. The van der Waals surface area contributed by atoms with Gasteiger partial charge in [0.2, 0.25) is 0 Å². The van der Waals surface area contributed by atoms with E-state index >= 15 is 0 Å². The minimum atomic E-state index is -1.14. The lowest BCUT2D eigenvalue weighted by Crippen LogP contribution is -2.39. The number of rotatable bonds is 6. The molecule has 1 amide bonds. The van der Waals surface area contributed by atoms with Crippen LogP contribution in [0.4, 0.5) is 5.69 Å². The lowest BCUT2D eigenvalue weighted by atomic mass is 10.1. The van der Waals surface area contributed by atoms with Crippen molar-refractivity contribution in [1.82, 2.24) is 4.90 Å². The van der Waals surface area contributed by atoms with Crippen LogP contribution in [0.5, 0.6) is 11.5 Å². The fourth-order valence-corrected chi connectivity index (χ4v) is 4.03. The second kappa shape index (κ2) is 8.17. The molecule has 0 spiro atoms. The van der Waals surface area contributed by atoms with Gasteiger partial charge in [0.1, 0.15) is 17.4 Å². The molecule has 2 N–H and O–H groups in total. The maximum atomic E-state index is 13.2. The number of carboxylic acid groups (broad SMARTS) is 1. The molecule has 2 aromatic rings. The van der Waals surface area contributed by atoms with Gasteiger partial charge in [0, 0.05) is 17.3 Å². The van der Waals surface area contributed by atoms with Crippen LogP contribution in [-0.2, 0) is 4.74 Å². The van der Waals surface area contributed by atoms with E-state index in [1.807, 2.05) is 0 Å². The van der Waals surface area contributed by atoms with E-state index < -0.39 is 11.9 Å². The first-order chi connectivity index (χ1) is 14.5. The number of hydrogen-bond acceptors (Lipinski definition) is 8. The van der Waals surface area contributed by atoms with Crippen LogP contribution in [0.1, 0.15) is 20.0 Å². The summed E-state index contributed by atoms with van der Waals surface area (Å²) in [7, 11) is 3.09. The molecule has 2 aliphatic heterocycles. The number of aliphatic imine (C=N–C) groups is 1. The standard InChI is InChI=1S/C20H19N3O6S/c1-27-15-4-3-11(7-16(15)28-2)22-18-13-8-29-9-14(13)21-10-23(18)19(24)12-5-6-30-17(12)20(25)26/h3-7,22H,8-10H2,1-2H3,(H,25,26). The SMILES string of the molecule is COc1ccc(NC2=C3COCC3=NCN2C(=O)c2ccsc2C(=O)O)cc1OC. The average Bonchev–Trinajstić information content (AvgIpc) is 3.43. The lowest BCUT2D eigenvalue weighted by Gasteiger charge is -2.29. The number of ether oxygens (including phenoxy) is 3. The Hall–Kier alpha value is -3.37. The zero-order valence-corrected chi connectivity index (χ0v) is 17.1. The Labute approximate surface area is 176 Å². The molecule has 0 atom stereocenters. The number of fused-ring (bicyclic) bond motifs is 1. The van der Waals surface area contributed by atoms with E-state index in [0.29, 0.717) is 36.2 Å². The van der Waals surface area contributed by atoms with E-state index in [-0.39, 0.29) is 17.1 Å². The Morgan fingerprint density at radius 3 is 2.73 bits per heavy atom. The molecule has 4 rings (SSSR count). The van der Waals surface area contributed by atoms with Gasteiger partial charge >= 0.3 is 5.97 Å². The van der Waals surface area contributed by atoms with E-state index in [1.54, 1.807) is 37.8 Å². The van der Waals surface area contributed by atoms with E-state index in [9.17, 15) is 14.7 Å². The number of benzene rings is 1. The highest BCUT2D eigenvalue weighted by Gasteiger charge is 2.33. The van der Waals surface area contributed by atoms with Crippen molar-refractivity contribution < 1.29 is 28.9 Å². The third-order valence-electron chi connectivity index (χ3n) is 4.77. The molecule has 2 aliphatic rings. The normalized spacial score (nSPS) is 15.5. The molecule has 156 valence electrons. The van der Waals surface area contributed by atoms with Gasteiger partial charge in [-0.3, -0.25) is 14.7 Å². The number of methoxy groups -OCH3 is 2. The first kappa shape index (κ1) is 19.9. The first-order valence-corrected chi connectivity index (χ1v) is 9.87. The Balaban J connectivity index is 1.72. The summed E-state index contributed by atoms with van der Waals surface area (Å²) in [6.07, 6.45) is 0. The number of carboxylic acids is 1. The van der Waals surface area contributed by atoms with Gasteiger partial charge in [0.05, 0.1) is 38.7 Å². The molecule has 0 aliphatic carbocycles. The molecule has 9 nitrogen and oxygen atoms in total. The van der Waals surface area contributed by atoms with Crippen molar-refractivity contribution in [3.8, 4) is 11.5 Å². The molecular formula is C20H19N3O6S. The fourth-order valence-electron chi connectivity index (χ4n) is 3.30. The second-order valence-corrected chi connectivity index (χ2v) is 7.38. The van der Waals surface area contributed by atoms with Crippen LogP contribution in [0.15, 0.2) is 46.0 Å². The summed E-state index contributed by atoms with van der Waals surface area (Å²) in [5, 5.41) is 14.2. The van der Waals surface area contributed by atoms with E-state index in [0.717, 1.165) is 22.6 Å². The zero-order valence-electron chi connectivity index (χ0n) is 16.3. The number of amides is 1. The van der Waals surface area contributed by atoms with Crippen molar-refractivity contribution in [1.29, 1.82) is 0 Å². The van der Waals surface area contributed by atoms with Gasteiger partial charge in [-0.05, 0) is 23.6 Å². The molecule has 30 heavy (non-hydrogen) atoms. The monoisotopic (exact) mass is 429 g/mol. The fraction of sp³-hybridized carbons (Fsp3) is 0.250. The number of aromatic carboxylic acids is 1. The van der Waals surface area contributed by atoms with Crippen LogP contribution in [-0.4, -0.2) is 61.7 Å². The number of nitrogens with one attached hydrogen (secondary N) is 1. The molecule has 0 bridgehead atoms. The number of carbonyl (C=O) groups is 2. The van der Waals surface area contributed by atoms with Crippen molar-refractivity contribution in [3.05, 3.63) is 51.5 Å². The summed E-state index contributed by atoms with van der Waals surface area (Å²) in [6.45, 7) is 0.729. The van der Waals surface area contributed by atoms with Crippen LogP contribution in [0.3, 0.4) is 0 Å². The average molecular weight is 429 g/mol. The first-order valence-electron chi connectivity index (χ1n) is 8.99. The number of thiophene rings is 1. The highest BCUT2D eigenvalue weighted by Crippen LogP contribution is 2.33. The number of carbonyl (C=O) groups excluding carboxylic acids is 1. The highest BCUT2D eigenvalue weighted by molar-refractivity contribution is 7.12. The van der Waals surface area contributed by atoms with Gasteiger partial charge in [0.25, 0.3) is 5.91 Å². The van der Waals surface area contributed by atoms with E-state index in [4.69, 9.17) is 14.2 Å².